The number of hydrogen-bond acceptors (Lipinski definition) is 4. The summed E-state index contributed by atoms with van der Waals surface area (Å²) >= 11 is 0. The second-order valence-corrected chi connectivity index (χ2v) is 4.28. The van der Waals surface area contributed by atoms with Gasteiger partial charge in [-0.15, -0.1) is 0 Å². The van der Waals surface area contributed by atoms with Crippen molar-refractivity contribution < 1.29 is 14.1 Å². The van der Waals surface area contributed by atoms with Crippen LogP contribution in [0.3, 0.4) is 0 Å². The molecule has 0 unspecified atom stereocenters. The molecule has 0 aliphatic carbocycles. The molecule has 1 saturated heterocycles. The van der Waals surface area contributed by atoms with Crippen LogP contribution in [0.25, 0.3) is 0 Å². The topological polar surface area (TPSA) is 55.6 Å². The van der Waals surface area contributed by atoms with Crippen LogP contribution < -0.4 is 0 Å². The molecule has 18 heavy (non-hydrogen) atoms. The lowest BCUT2D eigenvalue weighted by Gasteiger charge is -2.18. The normalized spacial score (nSPS) is 17.4. The molecule has 98 valence electrons. The fourth-order valence-corrected chi connectivity index (χ4v) is 2.01. The van der Waals surface area contributed by atoms with E-state index in [-0.39, 0.29) is 0 Å². The molecule has 0 spiro atoms. The zero-order valence-corrected chi connectivity index (χ0v) is 9.97. The Morgan fingerprint density at radius 3 is 2.94 bits per heavy atom. The van der Waals surface area contributed by atoms with Crippen molar-refractivity contribution in [2.24, 2.45) is 0 Å². The highest BCUT2D eigenvalue weighted by molar-refractivity contribution is 5.34. The maximum Gasteiger partial charge on any atom is 0.304 e. The minimum Gasteiger partial charge on any atom is -0.380 e. The van der Waals surface area contributed by atoms with Crippen molar-refractivity contribution in [3.05, 3.63) is 39.7 Å². The smallest absolute Gasteiger partial charge is 0.304 e. The van der Waals surface area contributed by atoms with Crippen molar-refractivity contribution in [3.63, 3.8) is 0 Å². The van der Waals surface area contributed by atoms with E-state index < -0.39 is 16.4 Å². The van der Waals surface area contributed by atoms with Crippen LogP contribution in [0.2, 0.25) is 0 Å². The standard InChI is InChI=1S/C12H15FN2O3/c13-11-8-10(2-3-12(11)15(16)17)9-14-4-1-6-18-7-5-14/h2-3,8H,1,4-7,9H2. The van der Waals surface area contributed by atoms with E-state index >= 15 is 0 Å². The van der Waals surface area contributed by atoms with E-state index in [2.05, 4.69) is 4.90 Å². The van der Waals surface area contributed by atoms with Gasteiger partial charge in [0.05, 0.1) is 11.5 Å². The molecule has 0 saturated carbocycles. The summed E-state index contributed by atoms with van der Waals surface area (Å²) in [5, 5.41) is 10.5. The molecule has 2 rings (SSSR count). The van der Waals surface area contributed by atoms with Crippen molar-refractivity contribution in [2.45, 2.75) is 13.0 Å². The minimum atomic E-state index is -0.774. The summed E-state index contributed by atoms with van der Waals surface area (Å²) in [6, 6.07) is 4.07. The molecule has 1 aliphatic heterocycles. The van der Waals surface area contributed by atoms with Crippen LogP contribution >= 0.6 is 0 Å². The highest BCUT2D eigenvalue weighted by Gasteiger charge is 2.15. The first kappa shape index (κ1) is 12.9. The summed E-state index contributed by atoms with van der Waals surface area (Å²) in [4.78, 5) is 12.0. The van der Waals surface area contributed by atoms with Crippen LogP contribution in [0.5, 0.6) is 0 Å². The Kier molecular flexibility index (Phi) is 4.22. The van der Waals surface area contributed by atoms with Crippen LogP contribution in [0.4, 0.5) is 10.1 Å². The molecule has 1 aliphatic rings. The monoisotopic (exact) mass is 254 g/mol. The largest absolute Gasteiger partial charge is 0.380 e. The summed E-state index contributed by atoms with van der Waals surface area (Å²) in [5.74, 6) is -0.774. The van der Waals surface area contributed by atoms with Crippen molar-refractivity contribution in [3.8, 4) is 0 Å². The lowest BCUT2D eigenvalue weighted by atomic mass is 10.2. The molecule has 0 N–H and O–H groups in total. The summed E-state index contributed by atoms with van der Waals surface area (Å²) in [6.07, 6.45) is 0.954. The first-order valence-corrected chi connectivity index (χ1v) is 5.90. The Balaban J connectivity index is 2.05. The maximum absolute atomic E-state index is 13.5. The quantitative estimate of drug-likeness (QED) is 0.611. The third kappa shape index (κ3) is 3.24. The number of nitrogens with zero attached hydrogens (tertiary/aromatic N) is 2. The van der Waals surface area contributed by atoms with E-state index in [0.717, 1.165) is 31.7 Å². The number of ether oxygens (including phenoxy) is 1. The van der Waals surface area contributed by atoms with Crippen LogP contribution in [-0.4, -0.2) is 36.1 Å². The van der Waals surface area contributed by atoms with Gasteiger partial charge in [0.2, 0.25) is 5.82 Å². The lowest BCUT2D eigenvalue weighted by Crippen LogP contribution is -2.25. The van der Waals surface area contributed by atoms with E-state index in [1.54, 1.807) is 6.07 Å². The molecule has 0 amide bonds. The van der Waals surface area contributed by atoms with Crippen LogP contribution in [-0.2, 0) is 11.3 Å². The Morgan fingerprint density at radius 2 is 2.22 bits per heavy atom. The molecule has 6 heteroatoms. The average molecular weight is 254 g/mol. The Bertz CT molecular complexity index is 431. The molecule has 1 aromatic rings. The number of halogens is 1. The van der Waals surface area contributed by atoms with Crippen molar-refractivity contribution in [1.29, 1.82) is 0 Å². The average Bonchev–Trinajstić information content (AvgIpc) is 2.57. The summed E-state index contributed by atoms with van der Waals surface area (Å²) in [7, 11) is 0. The van der Waals surface area contributed by atoms with Crippen molar-refractivity contribution >= 4 is 5.69 Å². The van der Waals surface area contributed by atoms with E-state index in [0.29, 0.717) is 13.2 Å². The molecule has 0 bridgehead atoms. The van der Waals surface area contributed by atoms with Gasteiger partial charge in [0.15, 0.2) is 0 Å². The van der Waals surface area contributed by atoms with Gasteiger partial charge in [-0.05, 0) is 18.1 Å². The van der Waals surface area contributed by atoms with Gasteiger partial charge >= 0.3 is 5.69 Å². The summed E-state index contributed by atoms with van der Waals surface area (Å²) in [6.45, 7) is 3.73. The molecule has 0 aromatic heterocycles. The Labute approximate surface area is 104 Å². The van der Waals surface area contributed by atoms with Crippen LogP contribution in [0.1, 0.15) is 12.0 Å². The van der Waals surface area contributed by atoms with Gasteiger partial charge in [0.25, 0.3) is 0 Å². The van der Waals surface area contributed by atoms with Gasteiger partial charge in [-0.3, -0.25) is 15.0 Å². The van der Waals surface area contributed by atoms with Gasteiger partial charge in [-0.1, -0.05) is 6.07 Å². The van der Waals surface area contributed by atoms with E-state index in [1.165, 1.54) is 12.1 Å². The number of nitro benzene ring substituents is 1. The fraction of sp³-hybridized carbons (Fsp3) is 0.500. The highest BCUT2D eigenvalue weighted by Crippen LogP contribution is 2.19. The number of benzene rings is 1. The third-order valence-electron chi connectivity index (χ3n) is 2.93. The highest BCUT2D eigenvalue weighted by atomic mass is 19.1. The molecule has 1 fully saturated rings. The van der Waals surface area contributed by atoms with Gasteiger partial charge < -0.3 is 4.74 Å². The van der Waals surface area contributed by atoms with Gasteiger partial charge in [0.1, 0.15) is 0 Å². The number of hydrogen-bond donors (Lipinski definition) is 0. The second kappa shape index (κ2) is 5.88. The minimum absolute atomic E-state index is 0.474. The Hall–Kier alpha value is -1.53. The predicted molar refractivity (Wildman–Crippen MR) is 63.8 cm³/mol. The van der Waals surface area contributed by atoms with Crippen LogP contribution in [0, 0.1) is 15.9 Å². The molecule has 5 nitrogen and oxygen atoms in total. The molecule has 0 atom stereocenters. The fourth-order valence-electron chi connectivity index (χ4n) is 2.01. The Morgan fingerprint density at radius 1 is 1.39 bits per heavy atom. The first-order chi connectivity index (χ1) is 8.66. The zero-order valence-electron chi connectivity index (χ0n) is 9.97. The van der Waals surface area contributed by atoms with Gasteiger partial charge in [-0.2, -0.15) is 4.39 Å². The van der Waals surface area contributed by atoms with E-state index in [4.69, 9.17) is 4.74 Å². The lowest BCUT2D eigenvalue weighted by molar-refractivity contribution is -0.387. The maximum atomic E-state index is 13.5. The van der Waals surface area contributed by atoms with Crippen LogP contribution in [0.15, 0.2) is 18.2 Å². The van der Waals surface area contributed by atoms with Gasteiger partial charge in [-0.25, -0.2) is 0 Å². The molecule has 1 heterocycles. The predicted octanol–water partition coefficient (Wildman–Crippen LogP) is 1.96. The summed E-state index contributed by atoms with van der Waals surface area (Å²) in [5.41, 5.74) is 0.276. The first-order valence-electron chi connectivity index (χ1n) is 5.90. The summed E-state index contributed by atoms with van der Waals surface area (Å²) < 4.78 is 18.8. The van der Waals surface area contributed by atoms with Gasteiger partial charge in [0, 0.05) is 32.3 Å². The number of rotatable bonds is 3. The molecular weight excluding hydrogens is 239 g/mol. The van der Waals surface area contributed by atoms with E-state index in [1.807, 2.05) is 0 Å². The molecular formula is C12H15FN2O3. The van der Waals surface area contributed by atoms with E-state index in [9.17, 15) is 14.5 Å². The van der Waals surface area contributed by atoms with Crippen molar-refractivity contribution in [2.75, 3.05) is 26.3 Å². The SMILES string of the molecule is O=[N+]([O-])c1ccc(CN2CCCOCC2)cc1F. The zero-order chi connectivity index (χ0) is 13.0. The second-order valence-electron chi connectivity index (χ2n) is 4.28. The molecule has 0 radical (unpaired) electrons. The van der Waals surface area contributed by atoms with Crippen molar-refractivity contribution in [1.82, 2.24) is 4.90 Å². The number of nitro groups is 1. The molecule has 1 aromatic carbocycles. The third-order valence-corrected chi connectivity index (χ3v) is 2.93.